The zero-order chi connectivity index (χ0) is 35.2. The van der Waals surface area contributed by atoms with Crippen LogP contribution in [0.1, 0.15) is 19.3 Å². The molecule has 0 radical (unpaired) electrons. The van der Waals surface area contributed by atoms with Gasteiger partial charge in [0.2, 0.25) is 17.7 Å². The molecule has 0 aliphatic carbocycles. The van der Waals surface area contributed by atoms with Gasteiger partial charge in [-0.1, -0.05) is 0 Å². The lowest BCUT2D eigenvalue weighted by Crippen LogP contribution is -2.34. The van der Waals surface area contributed by atoms with Crippen molar-refractivity contribution in [3.8, 4) is 0 Å². The van der Waals surface area contributed by atoms with Crippen LogP contribution in [0.3, 0.4) is 0 Å². The Hall–Kier alpha value is -5.01. The maximum absolute atomic E-state index is 9.99. The molecule has 0 heterocycles. The van der Waals surface area contributed by atoms with Crippen LogP contribution in [0, 0.1) is 0 Å². The molecule has 3 amide bonds. The molecule has 0 aliphatic rings. The SMILES string of the molecule is NC(=O)CC(N)C(=O)O.NC(=O)CC(N)C(=O)O.NC(=O)CC(N)C(=O)O.NCC(=O)O.NCC(=O)O.NCC(=O)O. The number of primary amides is 3. The van der Waals surface area contributed by atoms with E-state index < -0.39 is 71.7 Å². The molecule has 3 atom stereocenters. The number of hydrogen-bond acceptors (Lipinski definition) is 15. The van der Waals surface area contributed by atoms with Crippen molar-refractivity contribution in [2.24, 2.45) is 51.6 Å². The first-order valence-electron chi connectivity index (χ1n) is 10.5. The normalized spacial score (nSPS) is 10.7. The third kappa shape index (κ3) is 64.7. The van der Waals surface area contributed by atoms with Crippen molar-refractivity contribution in [1.29, 1.82) is 0 Å². The number of hydrogen-bond donors (Lipinski definition) is 15. The number of amides is 3. The molecule has 0 saturated carbocycles. The first-order valence-corrected chi connectivity index (χ1v) is 10.5. The number of carboxylic acids is 6. The molecule has 0 aliphatic heterocycles. The fourth-order valence-electron chi connectivity index (χ4n) is 0.912. The van der Waals surface area contributed by atoms with Gasteiger partial charge in [0.1, 0.15) is 18.1 Å². The van der Waals surface area contributed by atoms with Crippen molar-refractivity contribution in [3.05, 3.63) is 0 Å². The monoisotopic (exact) mass is 621 g/mol. The van der Waals surface area contributed by atoms with E-state index in [0.29, 0.717) is 0 Å². The lowest BCUT2D eigenvalue weighted by molar-refractivity contribution is -0.140. The Kier molecular flexibility index (Phi) is 38.3. The lowest BCUT2D eigenvalue weighted by atomic mass is 10.2. The molecular weight excluding hydrogens is 582 g/mol. The van der Waals surface area contributed by atoms with Gasteiger partial charge in [-0.15, -0.1) is 0 Å². The van der Waals surface area contributed by atoms with Crippen LogP contribution in [-0.4, -0.2) is 122 Å². The van der Waals surface area contributed by atoms with Gasteiger partial charge < -0.3 is 82.2 Å². The minimum absolute atomic E-state index is 0.278. The Balaban J connectivity index is -0.0000000946. The standard InChI is InChI=1S/3C4H8N2O3.3C2H5NO2/c3*5-2(4(8)9)1-3(6)7;3*3-1-2(4)5/h3*2H,1,5H2,(H2,6,7)(H,8,9);3*1,3H2,(H,4,5). The lowest BCUT2D eigenvalue weighted by Gasteiger charge is -1.99. The Morgan fingerprint density at radius 3 is 0.548 bits per heavy atom. The van der Waals surface area contributed by atoms with Crippen molar-refractivity contribution in [2.45, 2.75) is 37.4 Å². The summed E-state index contributed by atoms with van der Waals surface area (Å²) in [6.07, 6.45) is -0.931. The third-order valence-corrected chi connectivity index (χ3v) is 2.74. The minimum atomic E-state index is -1.21. The predicted molar refractivity (Wildman–Crippen MR) is 138 cm³/mol. The molecule has 42 heavy (non-hydrogen) atoms. The van der Waals surface area contributed by atoms with Gasteiger partial charge in [0.15, 0.2) is 0 Å². The van der Waals surface area contributed by atoms with Gasteiger partial charge in [0.25, 0.3) is 0 Å². The number of aliphatic carboxylic acids is 6. The first kappa shape index (κ1) is 49.9. The summed E-state index contributed by atoms with van der Waals surface area (Å²) in [5.74, 6) is -8.66. The van der Waals surface area contributed by atoms with E-state index in [2.05, 4.69) is 34.4 Å². The molecule has 24 N–H and O–H groups in total. The van der Waals surface area contributed by atoms with E-state index in [0.717, 1.165) is 0 Å². The first-order chi connectivity index (χ1) is 18.9. The number of carbonyl (C=O) groups is 9. The maximum Gasteiger partial charge on any atom is 0.321 e. The van der Waals surface area contributed by atoms with Gasteiger partial charge in [-0.05, 0) is 0 Å². The van der Waals surface area contributed by atoms with Gasteiger partial charge in [-0.3, -0.25) is 43.2 Å². The number of nitrogens with two attached hydrogens (primary N) is 9. The van der Waals surface area contributed by atoms with E-state index in [4.69, 9.17) is 47.8 Å². The topological polar surface area (TPSA) is 509 Å². The Labute approximate surface area is 236 Å². The summed E-state index contributed by atoms with van der Waals surface area (Å²) in [6.45, 7) is -0.833. The van der Waals surface area contributed by atoms with Crippen molar-refractivity contribution in [2.75, 3.05) is 19.6 Å². The van der Waals surface area contributed by atoms with Crippen LogP contribution >= 0.6 is 0 Å². The predicted octanol–water partition coefficient (Wildman–Crippen LogP) is -8.09. The molecule has 0 rings (SSSR count). The van der Waals surface area contributed by atoms with E-state index in [1.165, 1.54) is 0 Å². The Morgan fingerprint density at radius 2 is 0.524 bits per heavy atom. The summed E-state index contributed by atoms with van der Waals surface area (Å²) in [7, 11) is 0. The van der Waals surface area contributed by atoms with Gasteiger partial charge in [-0.25, -0.2) is 0 Å². The molecule has 0 aromatic rings. The average molecular weight is 622 g/mol. The maximum atomic E-state index is 9.99. The Bertz CT molecular complexity index is 762. The highest BCUT2D eigenvalue weighted by Crippen LogP contribution is 1.85. The van der Waals surface area contributed by atoms with Gasteiger partial charge in [0.05, 0.1) is 38.9 Å². The molecule has 0 bridgehead atoms. The van der Waals surface area contributed by atoms with Gasteiger partial charge in [0, 0.05) is 0 Å². The molecule has 0 spiro atoms. The molecule has 3 unspecified atom stereocenters. The van der Waals surface area contributed by atoms with E-state index in [9.17, 15) is 43.2 Å². The van der Waals surface area contributed by atoms with Crippen molar-refractivity contribution < 1.29 is 73.8 Å². The van der Waals surface area contributed by atoms with Crippen molar-refractivity contribution >= 4 is 53.5 Å². The summed E-state index contributed by atoms with van der Waals surface area (Å²) in [4.78, 5) is 87.4. The van der Waals surface area contributed by atoms with Gasteiger partial charge >= 0.3 is 35.8 Å². The number of carbonyl (C=O) groups excluding carboxylic acids is 3. The van der Waals surface area contributed by atoms with E-state index >= 15 is 0 Å². The third-order valence-electron chi connectivity index (χ3n) is 2.74. The quantitative estimate of drug-likeness (QED) is 0.0961. The van der Waals surface area contributed by atoms with E-state index in [1.54, 1.807) is 0 Å². The highest BCUT2D eigenvalue weighted by atomic mass is 16.4. The smallest absolute Gasteiger partial charge is 0.321 e. The number of carboxylic acid groups (broad SMARTS) is 6. The van der Waals surface area contributed by atoms with Crippen molar-refractivity contribution in [1.82, 2.24) is 0 Å². The zero-order valence-corrected chi connectivity index (χ0v) is 22.0. The summed E-state index contributed by atoms with van der Waals surface area (Å²) in [5, 5.41) is 47.1. The molecule has 24 heteroatoms. The molecular formula is C18H39N9O15. The molecule has 246 valence electrons. The highest BCUT2D eigenvalue weighted by molar-refractivity contribution is 5.84. The second-order valence-corrected chi connectivity index (χ2v) is 6.64. The fourth-order valence-corrected chi connectivity index (χ4v) is 0.912. The largest absolute Gasteiger partial charge is 0.480 e. The summed E-state index contributed by atoms with van der Waals surface area (Å²) >= 11 is 0. The van der Waals surface area contributed by atoms with Crippen LogP contribution < -0.4 is 51.6 Å². The van der Waals surface area contributed by atoms with Gasteiger partial charge in [-0.2, -0.15) is 0 Å². The molecule has 0 aromatic heterocycles. The average Bonchev–Trinajstić information content (AvgIpc) is 2.84. The fraction of sp³-hybridized carbons (Fsp3) is 0.500. The zero-order valence-electron chi connectivity index (χ0n) is 22.0. The summed E-state index contributed by atoms with van der Waals surface area (Å²) in [6, 6.07) is -3.49. The molecule has 0 aromatic carbocycles. The van der Waals surface area contributed by atoms with Crippen LogP contribution in [0.25, 0.3) is 0 Å². The number of rotatable bonds is 12. The highest BCUT2D eigenvalue weighted by Gasteiger charge is 2.14. The minimum Gasteiger partial charge on any atom is -0.480 e. The summed E-state index contributed by atoms with van der Waals surface area (Å²) < 4.78 is 0. The molecule has 24 nitrogen and oxygen atoms in total. The van der Waals surface area contributed by atoms with E-state index in [1.807, 2.05) is 0 Å². The van der Waals surface area contributed by atoms with Crippen LogP contribution in [-0.2, 0) is 43.2 Å². The Morgan fingerprint density at radius 1 is 0.405 bits per heavy atom. The van der Waals surface area contributed by atoms with Crippen molar-refractivity contribution in [3.63, 3.8) is 0 Å². The van der Waals surface area contributed by atoms with Crippen LogP contribution in [0.5, 0.6) is 0 Å². The van der Waals surface area contributed by atoms with Crippen LogP contribution in [0.2, 0.25) is 0 Å². The molecule has 0 fully saturated rings. The van der Waals surface area contributed by atoms with Crippen LogP contribution in [0.15, 0.2) is 0 Å². The molecule has 0 saturated heterocycles. The second-order valence-electron chi connectivity index (χ2n) is 6.64. The second kappa shape index (κ2) is 32.2. The van der Waals surface area contributed by atoms with E-state index in [-0.39, 0.29) is 38.9 Å². The summed E-state index contributed by atoms with van der Waals surface area (Å²) in [5.41, 5.74) is 42.4. The van der Waals surface area contributed by atoms with Crippen LogP contribution in [0.4, 0.5) is 0 Å².